The molecule has 1 aliphatic heterocycles. The van der Waals surface area contributed by atoms with Gasteiger partial charge in [-0.05, 0) is 54.7 Å². The van der Waals surface area contributed by atoms with Gasteiger partial charge in [-0.25, -0.2) is 0 Å². The topological polar surface area (TPSA) is 70.2 Å². The molecule has 34 heavy (non-hydrogen) atoms. The second-order valence-electron chi connectivity index (χ2n) is 9.18. The summed E-state index contributed by atoms with van der Waals surface area (Å²) in [4.78, 5) is 15.6. The van der Waals surface area contributed by atoms with Gasteiger partial charge in [-0.1, -0.05) is 42.5 Å². The van der Waals surface area contributed by atoms with Crippen LogP contribution in [-0.4, -0.2) is 42.4 Å². The van der Waals surface area contributed by atoms with E-state index in [0.29, 0.717) is 11.5 Å². The minimum atomic E-state index is -0.0440. The van der Waals surface area contributed by atoms with Crippen molar-refractivity contribution in [2.75, 3.05) is 31.2 Å². The maximum absolute atomic E-state index is 13.2. The first-order valence-corrected chi connectivity index (χ1v) is 12.0. The van der Waals surface area contributed by atoms with E-state index < -0.39 is 0 Å². The molecule has 0 bridgehead atoms. The average molecular weight is 453 g/mol. The number of nitrogens with zero attached hydrogens (tertiary/aromatic N) is 2. The van der Waals surface area contributed by atoms with Gasteiger partial charge in [-0.2, -0.15) is 5.10 Å². The average Bonchev–Trinajstić information content (AvgIpc) is 3.66. The minimum Gasteiger partial charge on any atom is -0.378 e. The first-order valence-electron chi connectivity index (χ1n) is 12.0. The molecule has 1 aromatic heterocycles. The maximum atomic E-state index is 13.2. The number of anilines is 1. The molecule has 2 N–H and O–H groups in total. The molecule has 6 nitrogen and oxygen atoms in total. The first kappa shape index (κ1) is 20.9. The molecular weight excluding hydrogens is 424 g/mol. The Bertz CT molecular complexity index is 1290. The van der Waals surface area contributed by atoms with E-state index in [1.165, 1.54) is 11.3 Å². The lowest BCUT2D eigenvalue weighted by atomic mass is 10.0. The Morgan fingerprint density at radius 1 is 1.00 bits per heavy atom. The second kappa shape index (κ2) is 8.95. The number of carbonyl (C=O) groups is 1. The number of rotatable bonds is 6. The Hall–Kier alpha value is -3.64. The summed E-state index contributed by atoms with van der Waals surface area (Å²) in [6.45, 7) is 3.35. The minimum absolute atomic E-state index is 0.0440. The number of ether oxygens (including phenoxy) is 1. The molecule has 6 rings (SSSR count). The van der Waals surface area contributed by atoms with E-state index >= 15 is 0 Å². The largest absolute Gasteiger partial charge is 0.378 e. The Balaban J connectivity index is 1.25. The number of benzene rings is 3. The summed E-state index contributed by atoms with van der Waals surface area (Å²) in [7, 11) is 0. The number of carbonyl (C=O) groups excluding carboxylic acids is 1. The standard InChI is InChI=1S/C28H28N4O2/c33-28(29-26(20-6-7-20)19-4-2-1-3-5-19)22-10-13-25-24(18-22)27(31-30-25)21-8-11-23(12-9-21)32-14-16-34-17-15-32/h1-5,8-13,18,20,26H,6-7,14-17H2,(H,29,33)(H,30,31)/t26-/m0/s1. The fraction of sp³-hybridized carbons (Fsp3) is 0.286. The number of nitrogens with one attached hydrogen (secondary N) is 2. The molecule has 2 aliphatic rings. The predicted molar refractivity (Wildman–Crippen MR) is 134 cm³/mol. The van der Waals surface area contributed by atoms with Crippen LogP contribution in [0.25, 0.3) is 22.2 Å². The van der Waals surface area contributed by atoms with Crippen LogP contribution in [0.5, 0.6) is 0 Å². The van der Waals surface area contributed by atoms with Gasteiger partial charge in [0.25, 0.3) is 5.91 Å². The van der Waals surface area contributed by atoms with Gasteiger partial charge >= 0.3 is 0 Å². The van der Waals surface area contributed by atoms with Crippen LogP contribution in [0.15, 0.2) is 72.8 Å². The molecule has 1 aliphatic carbocycles. The van der Waals surface area contributed by atoms with Crippen LogP contribution in [0.3, 0.4) is 0 Å². The SMILES string of the molecule is O=C(N[C@@H](c1ccccc1)C1CC1)c1ccc2[nH]nc(-c3ccc(N4CCOCC4)cc3)c2c1. The van der Waals surface area contributed by atoms with Crippen LogP contribution in [0, 0.1) is 5.92 Å². The molecule has 1 atom stereocenters. The molecule has 4 aromatic rings. The monoisotopic (exact) mass is 452 g/mol. The van der Waals surface area contributed by atoms with E-state index in [1.807, 2.05) is 36.4 Å². The molecule has 172 valence electrons. The van der Waals surface area contributed by atoms with Crippen molar-refractivity contribution in [1.82, 2.24) is 15.5 Å². The summed E-state index contributed by atoms with van der Waals surface area (Å²) in [5.41, 5.74) is 5.83. The van der Waals surface area contributed by atoms with Crippen LogP contribution in [-0.2, 0) is 4.74 Å². The van der Waals surface area contributed by atoms with Crippen molar-refractivity contribution in [2.45, 2.75) is 18.9 Å². The third-order valence-corrected chi connectivity index (χ3v) is 6.88. The number of hydrogen-bond donors (Lipinski definition) is 2. The number of hydrogen-bond acceptors (Lipinski definition) is 4. The number of aromatic amines is 1. The van der Waals surface area contributed by atoms with Gasteiger partial charge < -0.3 is 15.0 Å². The number of morpholine rings is 1. The highest BCUT2D eigenvalue weighted by Gasteiger charge is 2.33. The van der Waals surface area contributed by atoms with Crippen molar-refractivity contribution >= 4 is 22.5 Å². The van der Waals surface area contributed by atoms with Crippen LogP contribution >= 0.6 is 0 Å². The number of amides is 1. The number of aromatic nitrogens is 2. The van der Waals surface area contributed by atoms with Crippen molar-refractivity contribution < 1.29 is 9.53 Å². The molecule has 1 saturated heterocycles. The quantitative estimate of drug-likeness (QED) is 0.434. The molecule has 6 heteroatoms. The Kier molecular flexibility index (Phi) is 5.51. The van der Waals surface area contributed by atoms with Gasteiger partial charge in [-0.3, -0.25) is 9.89 Å². The van der Waals surface area contributed by atoms with Crippen LogP contribution in [0.2, 0.25) is 0 Å². The van der Waals surface area contributed by atoms with Crippen LogP contribution in [0.1, 0.15) is 34.8 Å². The second-order valence-corrected chi connectivity index (χ2v) is 9.18. The van der Waals surface area contributed by atoms with E-state index in [-0.39, 0.29) is 11.9 Å². The summed E-state index contributed by atoms with van der Waals surface area (Å²) >= 11 is 0. The molecule has 2 fully saturated rings. The zero-order valence-corrected chi connectivity index (χ0v) is 19.0. The number of fused-ring (bicyclic) bond motifs is 1. The lowest BCUT2D eigenvalue weighted by Gasteiger charge is -2.28. The van der Waals surface area contributed by atoms with Crippen molar-refractivity contribution in [2.24, 2.45) is 5.92 Å². The molecular formula is C28H28N4O2. The molecule has 0 unspecified atom stereocenters. The van der Waals surface area contributed by atoms with E-state index in [2.05, 4.69) is 56.8 Å². The van der Waals surface area contributed by atoms with Crippen molar-refractivity contribution in [1.29, 1.82) is 0 Å². The third-order valence-electron chi connectivity index (χ3n) is 6.88. The highest BCUT2D eigenvalue weighted by atomic mass is 16.5. The summed E-state index contributed by atoms with van der Waals surface area (Å²) < 4.78 is 5.46. The lowest BCUT2D eigenvalue weighted by Crippen LogP contribution is -2.36. The number of H-pyrrole nitrogens is 1. The summed E-state index contributed by atoms with van der Waals surface area (Å²) in [6, 6.07) is 24.6. The van der Waals surface area contributed by atoms with Crippen LogP contribution < -0.4 is 10.2 Å². The van der Waals surface area contributed by atoms with Gasteiger partial charge in [0.2, 0.25) is 0 Å². The van der Waals surface area contributed by atoms with E-state index in [1.54, 1.807) is 0 Å². The molecule has 2 heterocycles. The predicted octanol–water partition coefficient (Wildman–Crippen LogP) is 4.95. The smallest absolute Gasteiger partial charge is 0.251 e. The van der Waals surface area contributed by atoms with Crippen molar-refractivity contribution in [3.05, 3.63) is 83.9 Å². The third kappa shape index (κ3) is 4.17. The maximum Gasteiger partial charge on any atom is 0.251 e. The fourth-order valence-corrected chi connectivity index (χ4v) is 4.81. The molecule has 3 aromatic carbocycles. The van der Waals surface area contributed by atoms with Crippen molar-refractivity contribution in [3.63, 3.8) is 0 Å². The van der Waals surface area contributed by atoms with Crippen LogP contribution in [0.4, 0.5) is 5.69 Å². The Labute approximate surface area is 198 Å². The Morgan fingerprint density at radius 2 is 1.76 bits per heavy atom. The summed E-state index contributed by atoms with van der Waals surface area (Å²) in [5, 5.41) is 11.9. The van der Waals surface area contributed by atoms with E-state index in [9.17, 15) is 4.79 Å². The lowest BCUT2D eigenvalue weighted by molar-refractivity contribution is 0.0932. The fourth-order valence-electron chi connectivity index (χ4n) is 4.81. The normalized spacial score (nSPS) is 17.0. The van der Waals surface area contributed by atoms with Crippen molar-refractivity contribution in [3.8, 4) is 11.3 Å². The van der Waals surface area contributed by atoms with Gasteiger partial charge in [0.05, 0.1) is 30.5 Å². The first-order chi connectivity index (χ1) is 16.8. The molecule has 0 spiro atoms. The molecule has 1 saturated carbocycles. The zero-order chi connectivity index (χ0) is 22.9. The van der Waals surface area contributed by atoms with E-state index in [4.69, 9.17) is 4.74 Å². The van der Waals surface area contributed by atoms with Gasteiger partial charge in [0.1, 0.15) is 0 Å². The summed E-state index contributed by atoms with van der Waals surface area (Å²) in [6.07, 6.45) is 2.32. The van der Waals surface area contributed by atoms with E-state index in [0.717, 1.165) is 61.3 Å². The Morgan fingerprint density at radius 3 is 2.50 bits per heavy atom. The molecule has 1 amide bonds. The highest BCUT2D eigenvalue weighted by Crippen LogP contribution is 2.41. The zero-order valence-electron chi connectivity index (χ0n) is 19.0. The van der Waals surface area contributed by atoms with Gasteiger partial charge in [0.15, 0.2) is 0 Å². The summed E-state index contributed by atoms with van der Waals surface area (Å²) in [5.74, 6) is 0.474. The molecule has 0 radical (unpaired) electrons. The van der Waals surface area contributed by atoms with Gasteiger partial charge in [0, 0.05) is 35.3 Å². The van der Waals surface area contributed by atoms with Gasteiger partial charge in [-0.15, -0.1) is 0 Å². The highest BCUT2D eigenvalue weighted by molar-refractivity contribution is 6.01.